The molecule has 1 aromatic heterocycles. The van der Waals surface area contributed by atoms with E-state index < -0.39 is 5.82 Å². The highest BCUT2D eigenvalue weighted by Crippen LogP contribution is 2.30. The summed E-state index contributed by atoms with van der Waals surface area (Å²) in [6.45, 7) is 0.831. The van der Waals surface area contributed by atoms with E-state index in [-0.39, 0.29) is 11.0 Å². The summed E-state index contributed by atoms with van der Waals surface area (Å²) in [7, 11) is 0. The van der Waals surface area contributed by atoms with Crippen molar-refractivity contribution in [2.45, 2.75) is 0 Å². The van der Waals surface area contributed by atoms with Gasteiger partial charge < -0.3 is 9.47 Å². The highest BCUT2D eigenvalue weighted by molar-refractivity contribution is 6.29. The Morgan fingerprint density at radius 1 is 1.42 bits per heavy atom. The normalized spacial score (nSPS) is 14.5. The molecule has 0 aliphatic carbocycles. The summed E-state index contributed by atoms with van der Waals surface area (Å²) >= 11 is 5.42. The molecule has 2 heterocycles. The average Bonchev–Trinajstić information content (AvgIpc) is 2.07. The Kier molecular flexibility index (Phi) is 1.77. The molecule has 0 aromatic carbocycles. The highest BCUT2D eigenvalue weighted by Gasteiger charge is 2.16. The summed E-state index contributed by atoms with van der Waals surface area (Å²) in [5, 5.41) is -0.195. The van der Waals surface area contributed by atoms with E-state index in [1.807, 2.05) is 0 Å². The second kappa shape index (κ2) is 2.79. The van der Waals surface area contributed by atoms with Gasteiger partial charge in [0.2, 0.25) is 0 Å². The van der Waals surface area contributed by atoms with Crippen LogP contribution in [-0.2, 0) is 0 Å². The number of hydrogen-bond donors (Lipinski definition) is 0. The molecule has 1 aromatic rings. The van der Waals surface area contributed by atoms with E-state index in [9.17, 15) is 4.39 Å². The number of halogens is 2. The third kappa shape index (κ3) is 1.18. The minimum atomic E-state index is -0.596. The number of fused-ring (bicyclic) bond motifs is 1. The van der Waals surface area contributed by atoms with E-state index in [0.29, 0.717) is 19.0 Å². The van der Waals surface area contributed by atoms with Crippen molar-refractivity contribution in [3.63, 3.8) is 0 Å². The number of pyridine rings is 1. The van der Waals surface area contributed by atoms with E-state index in [1.54, 1.807) is 0 Å². The van der Waals surface area contributed by atoms with Crippen molar-refractivity contribution in [2.75, 3.05) is 13.2 Å². The molecule has 12 heavy (non-hydrogen) atoms. The summed E-state index contributed by atoms with van der Waals surface area (Å²) < 4.78 is 22.9. The van der Waals surface area contributed by atoms with Gasteiger partial charge in [0, 0.05) is 6.07 Å². The van der Waals surface area contributed by atoms with Gasteiger partial charge in [-0.15, -0.1) is 0 Å². The minimum absolute atomic E-state index is 0.195. The molecule has 1 aliphatic heterocycles. The molecule has 0 saturated carbocycles. The lowest BCUT2D eigenvalue weighted by molar-refractivity contribution is 0.163. The molecule has 3 nitrogen and oxygen atoms in total. The first-order valence-corrected chi connectivity index (χ1v) is 3.77. The summed E-state index contributed by atoms with van der Waals surface area (Å²) in [5.41, 5.74) is 0. The van der Waals surface area contributed by atoms with Crippen LogP contribution in [0.2, 0.25) is 5.15 Å². The number of aromatic nitrogens is 1. The molecule has 0 spiro atoms. The number of nitrogens with zero attached hydrogens (tertiary/aromatic N) is 1. The van der Waals surface area contributed by atoms with Gasteiger partial charge in [-0.2, -0.15) is 4.98 Å². The Balaban J connectivity index is 2.49. The lowest BCUT2D eigenvalue weighted by atomic mass is 10.4. The minimum Gasteiger partial charge on any atom is -0.484 e. The molecule has 0 amide bonds. The largest absolute Gasteiger partial charge is 0.484 e. The van der Waals surface area contributed by atoms with Crippen LogP contribution in [0.3, 0.4) is 0 Å². The molecular weight excluding hydrogens is 185 g/mol. The number of rotatable bonds is 0. The van der Waals surface area contributed by atoms with E-state index in [2.05, 4.69) is 4.98 Å². The van der Waals surface area contributed by atoms with Crippen molar-refractivity contribution >= 4 is 11.6 Å². The Labute approximate surface area is 73.1 Å². The number of ether oxygens (including phenoxy) is 2. The van der Waals surface area contributed by atoms with Gasteiger partial charge in [0.05, 0.1) is 0 Å². The van der Waals surface area contributed by atoms with Crippen LogP contribution in [0, 0.1) is 5.82 Å². The van der Waals surface area contributed by atoms with E-state index in [4.69, 9.17) is 21.1 Å². The number of hydrogen-bond acceptors (Lipinski definition) is 3. The highest BCUT2D eigenvalue weighted by atomic mass is 35.5. The molecule has 5 heteroatoms. The predicted molar refractivity (Wildman–Crippen MR) is 40.2 cm³/mol. The molecule has 1 aliphatic rings. The van der Waals surface area contributed by atoms with Gasteiger partial charge in [-0.25, -0.2) is 4.39 Å². The van der Waals surface area contributed by atoms with Crippen LogP contribution >= 0.6 is 11.6 Å². The second-order valence-electron chi connectivity index (χ2n) is 2.26. The molecule has 0 N–H and O–H groups in total. The first kappa shape index (κ1) is 7.61. The smallest absolute Gasteiger partial charge is 0.258 e. The monoisotopic (exact) mass is 189 g/mol. The van der Waals surface area contributed by atoms with Crippen LogP contribution in [0.15, 0.2) is 6.07 Å². The maximum absolute atomic E-state index is 12.8. The van der Waals surface area contributed by atoms with Crippen molar-refractivity contribution in [3.8, 4) is 11.6 Å². The van der Waals surface area contributed by atoms with Gasteiger partial charge in [0.15, 0.2) is 16.7 Å². The van der Waals surface area contributed by atoms with Crippen molar-refractivity contribution in [1.29, 1.82) is 0 Å². The van der Waals surface area contributed by atoms with Crippen LogP contribution in [0.4, 0.5) is 4.39 Å². The van der Waals surface area contributed by atoms with Gasteiger partial charge in [0.25, 0.3) is 5.88 Å². The van der Waals surface area contributed by atoms with Gasteiger partial charge in [-0.05, 0) is 0 Å². The van der Waals surface area contributed by atoms with Crippen LogP contribution < -0.4 is 9.47 Å². The van der Waals surface area contributed by atoms with Gasteiger partial charge in [-0.3, -0.25) is 0 Å². The zero-order valence-corrected chi connectivity index (χ0v) is 6.77. The second-order valence-corrected chi connectivity index (χ2v) is 2.62. The zero-order chi connectivity index (χ0) is 8.55. The van der Waals surface area contributed by atoms with Crippen molar-refractivity contribution in [3.05, 3.63) is 17.0 Å². The molecule has 0 saturated heterocycles. The summed E-state index contributed by atoms with van der Waals surface area (Å²) in [6.07, 6.45) is 0. The standard InChI is InChI=1S/C7H5ClFNO2/c8-6-4(9)3-5-7(10-6)12-2-1-11-5/h3H,1-2H2. The van der Waals surface area contributed by atoms with E-state index >= 15 is 0 Å². The third-order valence-electron chi connectivity index (χ3n) is 1.45. The first-order valence-electron chi connectivity index (χ1n) is 3.39. The SMILES string of the molecule is Fc1cc2c(nc1Cl)OCCO2. The van der Waals surface area contributed by atoms with Gasteiger partial charge in [-0.1, -0.05) is 11.6 Å². The van der Waals surface area contributed by atoms with Crippen LogP contribution in [0.1, 0.15) is 0 Å². The Bertz CT molecular complexity index is 288. The Morgan fingerprint density at radius 2 is 2.17 bits per heavy atom. The summed E-state index contributed by atoms with van der Waals surface area (Å²) in [6, 6.07) is 1.17. The fourth-order valence-corrected chi connectivity index (χ4v) is 1.06. The lowest BCUT2D eigenvalue weighted by Gasteiger charge is -2.16. The Hall–Kier alpha value is -1.03. The third-order valence-corrected chi connectivity index (χ3v) is 1.71. The lowest BCUT2D eigenvalue weighted by Crippen LogP contribution is -2.16. The maximum Gasteiger partial charge on any atom is 0.258 e. The summed E-state index contributed by atoms with van der Waals surface area (Å²) in [4.78, 5) is 3.66. The topological polar surface area (TPSA) is 31.4 Å². The van der Waals surface area contributed by atoms with Crippen LogP contribution in [-0.4, -0.2) is 18.2 Å². The predicted octanol–water partition coefficient (Wildman–Crippen LogP) is 1.65. The quantitative estimate of drug-likeness (QED) is 0.582. The molecule has 0 atom stereocenters. The van der Waals surface area contributed by atoms with Crippen molar-refractivity contribution in [1.82, 2.24) is 4.98 Å². The molecule has 0 bridgehead atoms. The average molecular weight is 190 g/mol. The molecule has 2 rings (SSSR count). The van der Waals surface area contributed by atoms with E-state index in [0.717, 1.165) is 0 Å². The molecule has 0 unspecified atom stereocenters. The van der Waals surface area contributed by atoms with E-state index in [1.165, 1.54) is 6.07 Å². The van der Waals surface area contributed by atoms with Crippen LogP contribution in [0.25, 0.3) is 0 Å². The van der Waals surface area contributed by atoms with Gasteiger partial charge in [0.1, 0.15) is 13.2 Å². The van der Waals surface area contributed by atoms with Crippen molar-refractivity contribution in [2.24, 2.45) is 0 Å². The first-order chi connectivity index (χ1) is 5.77. The van der Waals surface area contributed by atoms with Gasteiger partial charge >= 0.3 is 0 Å². The van der Waals surface area contributed by atoms with Crippen LogP contribution in [0.5, 0.6) is 11.6 Å². The molecule has 0 radical (unpaired) electrons. The molecule has 64 valence electrons. The summed E-state index contributed by atoms with van der Waals surface area (Å²) in [5.74, 6) is -0.0308. The molecule has 0 fully saturated rings. The fourth-order valence-electron chi connectivity index (χ4n) is 0.931. The fraction of sp³-hybridized carbons (Fsp3) is 0.286. The maximum atomic E-state index is 12.8. The zero-order valence-electron chi connectivity index (χ0n) is 6.01. The molecular formula is C7H5ClFNO2. The Morgan fingerprint density at radius 3 is 3.00 bits per heavy atom. The van der Waals surface area contributed by atoms with Crippen molar-refractivity contribution < 1.29 is 13.9 Å².